The fourth-order valence-corrected chi connectivity index (χ4v) is 4.06. The monoisotopic (exact) mass is 438 g/mol. The normalized spacial score (nSPS) is 15.7. The van der Waals surface area contributed by atoms with E-state index in [2.05, 4.69) is 32.9 Å². The van der Waals surface area contributed by atoms with Crippen LogP contribution in [0.4, 0.5) is 0 Å². The summed E-state index contributed by atoms with van der Waals surface area (Å²) in [4.78, 5) is 24.5. The van der Waals surface area contributed by atoms with E-state index in [1.807, 2.05) is 12.1 Å². The lowest BCUT2D eigenvalue weighted by molar-refractivity contribution is -0.162. The van der Waals surface area contributed by atoms with Gasteiger partial charge in [0, 0.05) is 0 Å². The average molecular weight is 439 g/mol. The number of esters is 2. The quantitative estimate of drug-likeness (QED) is 0.413. The van der Waals surface area contributed by atoms with Crippen molar-refractivity contribution in [3.05, 3.63) is 65.2 Å². The van der Waals surface area contributed by atoms with Gasteiger partial charge in [0.15, 0.2) is 6.61 Å². The Morgan fingerprint density at radius 2 is 1.62 bits per heavy atom. The number of rotatable bonds is 10. The van der Waals surface area contributed by atoms with E-state index in [9.17, 15) is 9.59 Å². The number of carbonyl (C=O) groups is 2. The summed E-state index contributed by atoms with van der Waals surface area (Å²) in [5.41, 5.74) is 2.36. The van der Waals surface area contributed by atoms with Crippen molar-refractivity contribution in [1.82, 2.24) is 0 Å². The summed E-state index contributed by atoms with van der Waals surface area (Å²) >= 11 is 0. The van der Waals surface area contributed by atoms with Gasteiger partial charge in [-0.3, -0.25) is 0 Å². The van der Waals surface area contributed by atoms with E-state index in [1.165, 1.54) is 5.56 Å². The number of hydrogen-bond donors (Lipinski definition) is 0. The van der Waals surface area contributed by atoms with Crippen molar-refractivity contribution in [1.29, 1.82) is 0 Å². The molecule has 1 saturated carbocycles. The largest absolute Gasteiger partial charge is 0.482 e. The van der Waals surface area contributed by atoms with Crippen LogP contribution in [0.5, 0.6) is 5.75 Å². The van der Waals surface area contributed by atoms with Crippen molar-refractivity contribution >= 4 is 11.9 Å². The summed E-state index contributed by atoms with van der Waals surface area (Å²) in [6.07, 6.45) is 5.97. The molecular weight excluding hydrogens is 404 g/mol. The summed E-state index contributed by atoms with van der Waals surface area (Å²) in [6, 6.07) is 14.8. The first-order valence-electron chi connectivity index (χ1n) is 11.7. The molecule has 0 radical (unpaired) electrons. The molecule has 172 valence electrons. The van der Waals surface area contributed by atoms with E-state index in [1.54, 1.807) is 24.3 Å². The maximum atomic E-state index is 12.3. The summed E-state index contributed by atoms with van der Waals surface area (Å²) in [6.45, 7) is 6.50. The second-order valence-corrected chi connectivity index (χ2v) is 8.66. The van der Waals surface area contributed by atoms with E-state index >= 15 is 0 Å². The lowest BCUT2D eigenvalue weighted by Crippen LogP contribution is -2.33. The first-order chi connectivity index (χ1) is 15.4. The molecule has 1 unspecified atom stereocenters. The minimum Gasteiger partial charge on any atom is -0.482 e. The number of hydrogen-bond acceptors (Lipinski definition) is 5. The van der Waals surface area contributed by atoms with Crippen molar-refractivity contribution < 1.29 is 23.8 Å². The van der Waals surface area contributed by atoms with Crippen LogP contribution < -0.4 is 4.74 Å². The van der Waals surface area contributed by atoms with E-state index in [4.69, 9.17) is 14.2 Å². The highest BCUT2D eigenvalue weighted by molar-refractivity contribution is 5.89. The molecule has 2 aromatic rings. The Bertz CT molecular complexity index is 879. The zero-order valence-electron chi connectivity index (χ0n) is 19.4. The molecule has 1 aliphatic rings. The lowest BCUT2D eigenvalue weighted by atomic mass is 9.98. The highest BCUT2D eigenvalue weighted by Crippen LogP contribution is 2.36. The average Bonchev–Trinajstić information content (AvgIpc) is 3.30. The molecule has 0 aromatic heterocycles. The molecule has 32 heavy (non-hydrogen) atoms. The molecule has 1 fully saturated rings. The highest BCUT2D eigenvalue weighted by atomic mass is 16.6. The second-order valence-electron chi connectivity index (χ2n) is 8.66. The van der Waals surface area contributed by atoms with Crippen LogP contribution in [0.2, 0.25) is 0 Å². The van der Waals surface area contributed by atoms with Crippen molar-refractivity contribution in [2.45, 2.75) is 77.4 Å². The van der Waals surface area contributed by atoms with Gasteiger partial charge in [-0.25, -0.2) is 9.59 Å². The van der Waals surface area contributed by atoms with E-state index < -0.39 is 5.97 Å². The molecule has 0 N–H and O–H groups in total. The summed E-state index contributed by atoms with van der Waals surface area (Å²) in [5.74, 6) is 0.283. The van der Waals surface area contributed by atoms with Crippen LogP contribution >= 0.6 is 0 Å². The molecule has 0 bridgehead atoms. The van der Waals surface area contributed by atoms with Gasteiger partial charge in [0.1, 0.15) is 18.0 Å². The first kappa shape index (κ1) is 23.8. The van der Waals surface area contributed by atoms with Crippen LogP contribution in [0.25, 0.3) is 0 Å². The van der Waals surface area contributed by atoms with Crippen LogP contribution in [-0.4, -0.2) is 24.1 Å². The zero-order valence-corrected chi connectivity index (χ0v) is 19.4. The Balaban J connectivity index is 1.45. The molecule has 2 aromatic carbocycles. The molecule has 5 nitrogen and oxygen atoms in total. The lowest BCUT2D eigenvalue weighted by Gasteiger charge is -2.27. The van der Waals surface area contributed by atoms with Crippen molar-refractivity contribution in [2.24, 2.45) is 0 Å². The van der Waals surface area contributed by atoms with Crippen LogP contribution in [0.3, 0.4) is 0 Å². The fourth-order valence-electron chi connectivity index (χ4n) is 4.06. The summed E-state index contributed by atoms with van der Waals surface area (Å²) < 4.78 is 16.7. The Labute approximate surface area is 191 Å². The topological polar surface area (TPSA) is 61.8 Å². The van der Waals surface area contributed by atoms with Gasteiger partial charge in [-0.2, -0.15) is 0 Å². The number of ether oxygens (including phenoxy) is 3. The van der Waals surface area contributed by atoms with Gasteiger partial charge in [-0.05, 0) is 79.8 Å². The van der Waals surface area contributed by atoms with Crippen LogP contribution in [0, 0.1) is 0 Å². The van der Waals surface area contributed by atoms with Gasteiger partial charge < -0.3 is 14.2 Å². The molecular formula is C27H34O5. The van der Waals surface area contributed by atoms with Gasteiger partial charge in [0.05, 0.1) is 5.56 Å². The minimum absolute atomic E-state index is 0.141. The third-order valence-corrected chi connectivity index (χ3v) is 6.47. The van der Waals surface area contributed by atoms with Crippen molar-refractivity contribution in [2.75, 3.05) is 6.61 Å². The second kappa shape index (κ2) is 11.2. The zero-order chi connectivity index (χ0) is 23.0. The number of benzene rings is 2. The van der Waals surface area contributed by atoms with E-state index in [-0.39, 0.29) is 24.8 Å². The van der Waals surface area contributed by atoms with Crippen molar-refractivity contribution in [3.63, 3.8) is 0 Å². The van der Waals surface area contributed by atoms with Gasteiger partial charge in [-0.1, -0.05) is 45.0 Å². The molecule has 5 heteroatoms. The van der Waals surface area contributed by atoms with Gasteiger partial charge >= 0.3 is 11.9 Å². The highest BCUT2D eigenvalue weighted by Gasteiger charge is 2.35. The van der Waals surface area contributed by atoms with Crippen LogP contribution in [0.1, 0.15) is 86.7 Å². The molecule has 3 rings (SSSR count). The molecule has 1 aliphatic carbocycles. The van der Waals surface area contributed by atoms with Crippen LogP contribution in [0.15, 0.2) is 48.5 Å². The molecule has 1 atom stereocenters. The maximum absolute atomic E-state index is 12.3. The first-order valence-corrected chi connectivity index (χ1v) is 11.7. The minimum atomic E-state index is -0.395. The van der Waals surface area contributed by atoms with Crippen molar-refractivity contribution in [3.8, 4) is 5.75 Å². The maximum Gasteiger partial charge on any atom is 0.344 e. The predicted octanol–water partition coefficient (Wildman–Crippen LogP) is 6.20. The van der Waals surface area contributed by atoms with Gasteiger partial charge in [0.25, 0.3) is 0 Å². The molecule has 0 aliphatic heterocycles. The Morgan fingerprint density at radius 3 is 2.22 bits per heavy atom. The summed E-state index contributed by atoms with van der Waals surface area (Å²) in [7, 11) is 0. The predicted molar refractivity (Wildman–Crippen MR) is 124 cm³/mol. The van der Waals surface area contributed by atoms with Gasteiger partial charge in [-0.15, -0.1) is 0 Å². The van der Waals surface area contributed by atoms with E-state index in [0.29, 0.717) is 17.2 Å². The van der Waals surface area contributed by atoms with Gasteiger partial charge in [0.2, 0.25) is 0 Å². The standard InChI is InChI=1S/C27H34O5/c1-4-20(3)22-10-8-21(9-11-22)18-31-26(29)23-12-14-24(15-13-23)30-19-25(28)32-27(5-2)16-6-7-17-27/h8-15,20H,4-7,16-19H2,1-3H3. The SMILES string of the molecule is CCC(C)c1ccc(COC(=O)c2ccc(OCC(=O)OC3(CC)CCCC3)cc2)cc1. The number of carbonyl (C=O) groups excluding carboxylic acids is 2. The van der Waals surface area contributed by atoms with E-state index in [0.717, 1.165) is 44.1 Å². The fraction of sp³-hybridized carbons (Fsp3) is 0.481. The molecule has 0 spiro atoms. The smallest absolute Gasteiger partial charge is 0.344 e. The molecule has 0 amide bonds. The Kier molecular flexibility index (Phi) is 8.32. The third-order valence-electron chi connectivity index (χ3n) is 6.47. The molecule has 0 saturated heterocycles. The Hall–Kier alpha value is -2.82. The summed E-state index contributed by atoms with van der Waals surface area (Å²) in [5, 5.41) is 0. The third kappa shape index (κ3) is 6.35. The Morgan fingerprint density at radius 1 is 0.969 bits per heavy atom. The molecule has 0 heterocycles. The van der Waals surface area contributed by atoms with Crippen LogP contribution in [-0.2, 0) is 20.9 Å².